The molecule has 0 aliphatic carbocycles. The summed E-state index contributed by atoms with van der Waals surface area (Å²) in [6.07, 6.45) is 1.70. The van der Waals surface area contributed by atoms with Gasteiger partial charge >= 0.3 is 0 Å². The molecular weight excluding hydrogens is 319 g/mol. The fourth-order valence-corrected chi connectivity index (χ4v) is 2.45. The number of aromatic nitrogens is 2. The number of methoxy groups -OCH3 is 1. The molecule has 0 bridgehead atoms. The van der Waals surface area contributed by atoms with Crippen LogP contribution in [0.25, 0.3) is 16.9 Å². The van der Waals surface area contributed by atoms with E-state index in [0.29, 0.717) is 16.9 Å². The average molecular weight is 333 g/mol. The molecule has 3 rings (SSSR count). The fourth-order valence-electron chi connectivity index (χ4n) is 2.28. The summed E-state index contributed by atoms with van der Waals surface area (Å²) in [4.78, 5) is 0. The van der Waals surface area contributed by atoms with Crippen LogP contribution in [0.15, 0.2) is 48.7 Å². The predicted octanol–water partition coefficient (Wildman–Crippen LogP) is 3.83. The van der Waals surface area contributed by atoms with Crippen LogP contribution in [0.1, 0.15) is 5.56 Å². The molecule has 0 spiro atoms. The topological polar surface area (TPSA) is 47.3 Å². The highest BCUT2D eigenvalue weighted by atomic mass is 35.5. The molecule has 0 aliphatic heterocycles. The maximum atomic E-state index is 13.3. The summed E-state index contributed by atoms with van der Waals surface area (Å²) in [6, 6.07) is 11.7. The molecule has 1 aromatic heterocycles. The van der Waals surface area contributed by atoms with Crippen molar-refractivity contribution in [1.82, 2.24) is 9.78 Å². The van der Waals surface area contributed by atoms with Gasteiger partial charge in [0.05, 0.1) is 30.1 Å². The van der Waals surface area contributed by atoms with Gasteiger partial charge in [-0.05, 0) is 42.5 Å². The molecule has 0 fully saturated rings. The van der Waals surface area contributed by atoms with Gasteiger partial charge in [-0.2, -0.15) is 5.10 Å². The van der Waals surface area contributed by atoms with Crippen LogP contribution in [0.2, 0.25) is 5.02 Å². The van der Waals surface area contributed by atoms with Crippen LogP contribution in [0.3, 0.4) is 0 Å². The molecule has 6 heteroatoms. The van der Waals surface area contributed by atoms with Gasteiger partial charge in [-0.15, -0.1) is 0 Å². The van der Waals surface area contributed by atoms with E-state index in [2.05, 4.69) is 5.10 Å². The molecular formula is C17H14ClFN2O2. The van der Waals surface area contributed by atoms with Crippen molar-refractivity contribution >= 4 is 11.6 Å². The number of rotatable bonds is 4. The quantitative estimate of drug-likeness (QED) is 0.789. The first kappa shape index (κ1) is 15.5. The molecule has 1 N–H and O–H groups in total. The van der Waals surface area contributed by atoms with E-state index in [0.717, 1.165) is 11.3 Å². The highest BCUT2D eigenvalue weighted by Crippen LogP contribution is 2.26. The van der Waals surface area contributed by atoms with Crippen LogP contribution in [0.4, 0.5) is 4.39 Å². The molecule has 0 unspecified atom stereocenters. The molecule has 0 radical (unpaired) electrons. The number of aliphatic hydroxyl groups excluding tert-OH is 1. The zero-order valence-corrected chi connectivity index (χ0v) is 13.1. The summed E-state index contributed by atoms with van der Waals surface area (Å²) in [5, 5.41) is 14.1. The van der Waals surface area contributed by atoms with Crippen LogP contribution >= 0.6 is 11.6 Å². The van der Waals surface area contributed by atoms with E-state index in [4.69, 9.17) is 16.3 Å². The summed E-state index contributed by atoms with van der Waals surface area (Å²) in [5.41, 5.74) is 2.78. The van der Waals surface area contributed by atoms with Crippen LogP contribution in [-0.2, 0) is 6.61 Å². The van der Waals surface area contributed by atoms with E-state index < -0.39 is 5.82 Å². The standard InChI is InChI=1S/C17H14ClFN2O2/c1-23-14-5-2-11(3-6-14)17-12(10-22)9-21(20-17)13-4-7-16(19)15(18)8-13/h2-9,22H,10H2,1H3. The number of nitrogens with zero attached hydrogens (tertiary/aromatic N) is 2. The minimum absolute atomic E-state index is 0.0227. The lowest BCUT2D eigenvalue weighted by molar-refractivity contribution is 0.282. The van der Waals surface area contributed by atoms with Crippen molar-refractivity contribution in [2.75, 3.05) is 7.11 Å². The summed E-state index contributed by atoms with van der Waals surface area (Å²) in [5.74, 6) is 0.254. The Kier molecular flexibility index (Phi) is 4.32. The molecule has 2 aromatic carbocycles. The van der Waals surface area contributed by atoms with Crippen molar-refractivity contribution in [2.45, 2.75) is 6.61 Å². The number of aliphatic hydroxyl groups is 1. The summed E-state index contributed by atoms with van der Waals surface area (Å²) < 4.78 is 20.0. The van der Waals surface area contributed by atoms with Gasteiger partial charge in [0, 0.05) is 17.3 Å². The van der Waals surface area contributed by atoms with E-state index >= 15 is 0 Å². The minimum Gasteiger partial charge on any atom is -0.497 e. The number of halogens is 2. The Balaban J connectivity index is 2.04. The Morgan fingerprint density at radius 3 is 2.57 bits per heavy atom. The Morgan fingerprint density at radius 2 is 1.96 bits per heavy atom. The SMILES string of the molecule is COc1ccc(-c2nn(-c3ccc(F)c(Cl)c3)cc2CO)cc1. The van der Waals surface area contributed by atoms with Crippen molar-refractivity contribution < 1.29 is 14.2 Å². The lowest BCUT2D eigenvalue weighted by Crippen LogP contribution is -1.95. The maximum Gasteiger partial charge on any atom is 0.141 e. The second-order valence-electron chi connectivity index (χ2n) is 4.93. The lowest BCUT2D eigenvalue weighted by Gasteiger charge is -2.03. The van der Waals surface area contributed by atoms with Crippen molar-refractivity contribution in [2.24, 2.45) is 0 Å². The predicted molar refractivity (Wildman–Crippen MR) is 86.4 cm³/mol. The highest BCUT2D eigenvalue weighted by Gasteiger charge is 2.12. The summed E-state index contributed by atoms with van der Waals surface area (Å²) in [6.45, 7) is -0.156. The molecule has 0 atom stereocenters. The number of ether oxygens (including phenoxy) is 1. The highest BCUT2D eigenvalue weighted by molar-refractivity contribution is 6.30. The molecule has 23 heavy (non-hydrogen) atoms. The Hall–Kier alpha value is -2.37. The van der Waals surface area contributed by atoms with E-state index in [1.165, 1.54) is 12.1 Å². The van der Waals surface area contributed by atoms with Crippen LogP contribution in [-0.4, -0.2) is 22.0 Å². The largest absolute Gasteiger partial charge is 0.497 e. The molecule has 0 saturated carbocycles. The van der Waals surface area contributed by atoms with E-state index in [1.54, 1.807) is 24.1 Å². The molecule has 0 saturated heterocycles. The van der Waals surface area contributed by atoms with Gasteiger partial charge in [-0.3, -0.25) is 0 Å². The zero-order chi connectivity index (χ0) is 16.4. The second-order valence-corrected chi connectivity index (χ2v) is 5.34. The Labute approximate surface area is 137 Å². The first-order valence-electron chi connectivity index (χ1n) is 6.91. The fraction of sp³-hybridized carbons (Fsp3) is 0.118. The molecule has 3 aromatic rings. The molecule has 1 heterocycles. The van der Waals surface area contributed by atoms with Crippen molar-refractivity contribution in [3.63, 3.8) is 0 Å². The third-order valence-corrected chi connectivity index (χ3v) is 3.78. The minimum atomic E-state index is -0.486. The number of hydrogen-bond donors (Lipinski definition) is 1. The first-order chi connectivity index (χ1) is 11.1. The normalized spacial score (nSPS) is 10.8. The van der Waals surface area contributed by atoms with Crippen molar-refractivity contribution in [3.05, 3.63) is 65.1 Å². The van der Waals surface area contributed by atoms with Gasteiger partial charge in [-0.25, -0.2) is 9.07 Å². The van der Waals surface area contributed by atoms with Crippen molar-refractivity contribution in [1.29, 1.82) is 0 Å². The smallest absolute Gasteiger partial charge is 0.141 e. The van der Waals surface area contributed by atoms with Gasteiger partial charge in [0.25, 0.3) is 0 Å². The Morgan fingerprint density at radius 1 is 1.22 bits per heavy atom. The molecule has 0 amide bonds. The van der Waals surface area contributed by atoms with E-state index in [1.807, 2.05) is 24.3 Å². The third kappa shape index (κ3) is 3.06. The Bertz CT molecular complexity index is 831. The third-order valence-electron chi connectivity index (χ3n) is 3.49. The van der Waals surface area contributed by atoms with Gasteiger partial charge in [0.2, 0.25) is 0 Å². The summed E-state index contributed by atoms with van der Waals surface area (Å²) in [7, 11) is 1.60. The molecule has 118 valence electrons. The van der Waals surface area contributed by atoms with E-state index in [9.17, 15) is 9.50 Å². The lowest BCUT2D eigenvalue weighted by atomic mass is 10.1. The van der Waals surface area contributed by atoms with Crippen molar-refractivity contribution in [3.8, 4) is 22.7 Å². The zero-order valence-electron chi connectivity index (χ0n) is 12.3. The van der Waals surface area contributed by atoms with E-state index in [-0.39, 0.29) is 11.6 Å². The first-order valence-corrected chi connectivity index (χ1v) is 7.29. The maximum absolute atomic E-state index is 13.3. The van der Waals surface area contributed by atoms with Gasteiger partial charge in [0.1, 0.15) is 11.6 Å². The van der Waals surface area contributed by atoms with Gasteiger partial charge < -0.3 is 9.84 Å². The van der Waals surface area contributed by atoms with Crippen LogP contribution < -0.4 is 4.74 Å². The summed E-state index contributed by atoms with van der Waals surface area (Å²) >= 11 is 5.82. The monoisotopic (exact) mass is 332 g/mol. The van der Waals surface area contributed by atoms with Gasteiger partial charge in [-0.1, -0.05) is 11.6 Å². The number of hydrogen-bond acceptors (Lipinski definition) is 3. The molecule has 4 nitrogen and oxygen atoms in total. The van der Waals surface area contributed by atoms with Crippen LogP contribution in [0, 0.1) is 5.82 Å². The second kappa shape index (κ2) is 6.40. The van der Waals surface area contributed by atoms with Crippen LogP contribution in [0.5, 0.6) is 5.75 Å². The number of benzene rings is 2. The average Bonchev–Trinajstić information content (AvgIpc) is 3.02. The molecule has 0 aliphatic rings. The van der Waals surface area contributed by atoms with Gasteiger partial charge in [0.15, 0.2) is 0 Å².